The molecule has 0 aliphatic heterocycles. The molecule has 0 bridgehead atoms. The maximum atomic E-state index is 14.3. The first kappa shape index (κ1) is 27.1. The molecule has 1 fully saturated rings. The van der Waals surface area contributed by atoms with Gasteiger partial charge in [0.1, 0.15) is 5.82 Å². The quantitative estimate of drug-likeness (QED) is 0.166. The van der Waals surface area contributed by atoms with Crippen LogP contribution in [-0.4, -0.2) is 20.2 Å². The number of hydrogen-bond donors (Lipinski definition) is 0. The molecule has 0 heterocycles. The van der Waals surface area contributed by atoms with Gasteiger partial charge in [-0.1, -0.05) is 42.9 Å². The number of hydrogen-bond acceptors (Lipinski definition) is 4. The average Bonchev–Trinajstić information content (AvgIpc) is 2.89. The lowest BCUT2D eigenvalue weighted by Crippen LogP contribution is -2.18. The fourth-order valence-corrected chi connectivity index (χ4v) is 3.98. The van der Waals surface area contributed by atoms with Gasteiger partial charge in [-0.25, -0.2) is 4.39 Å². The van der Waals surface area contributed by atoms with Crippen molar-refractivity contribution in [1.29, 1.82) is 0 Å². The van der Waals surface area contributed by atoms with E-state index in [1.165, 1.54) is 18.6 Å². The molecule has 1 aliphatic carbocycles. The molecule has 0 atom stereocenters. The summed E-state index contributed by atoms with van der Waals surface area (Å²) in [6, 6.07) is 10.9. The maximum absolute atomic E-state index is 14.3. The highest BCUT2D eigenvalue weighted by molar-refractivity contribution is 5.50. The Morgan fingerprint density at radius 1 is 0.889 bits per heavy atom. The Balaban J connectivity index is 1.52. The highest BCUT2D eigenvalue weighted by Gasteiger charge is 2.20. The first-order chi connectivity index (χ1) is 17.6. The Bertz CT molecular complexity index is 1140. The van der Waals surface area contributed by atoms with E-state index in [1.54, 1.807) is 12.1 Å². The second kappa shape index (κ2) is 14.8. The van der Waals surface area contributed by atoms with Crippen LogP contribution in [0.3, 0.4) is 0 Å². The third kappa shape index (κ3) is 8.93. The smallest absolute Gasteiger partial charge is 0.188 e. The zero-order valence-electron chi connectivity index (χ0n) is 20.9. The molecule has 0 N–H and O–H groups in total. The fraction of sp³-hybridized carbons (Fsp3) is 0.355. The fourth-order valence-electron chi connectivity index (χ4n) is 3.98. The van der Waals surface area contributed by atoms with Crippen molar-refractivity contribution in [1.82, 2.24) is 0 Å². The van der Waals surface area contributed by atoms with Gasteiger partial charge in [-0.15, -0.1) is 0 Å². The highest BCUT2D eigenvalue weighted by atomic mass is 19.1. The van der Waals surface area contributed by atoms with E-state index in [1.807, 2.05) is 19.1 Å². The molecule has 0 amide bonds. The molecule has 36 heavy (non-hydrogen) atoms. The summed E-state index contributed by atoms with van der Waals surface area (Å²) in [7, 11) is 0. The summed E-state index contributed by atoms with van der Waals surface area (Å²) in [5.41, 5.74) is 3.99. The number of benzene rings is 2. The lowest BCUT2D eigenvalue weighted by Gasteiger charge is -2.25. The van der Waals surface area contributed by atoms with E-state index >= 15 is 0 Å². The van der Waals surface area contributed by atoms with Crippen molar-refractivity contribution in [3.63, 3.8) is 0 Å². The molecule has 4 nitrogen and oxygen atoms in total. The van der Waals surface area contributed by atoms with Crippen molar-refractivity contribution >= 4 is 0 Å². The molecular formula is C31H33FO4. The molecular weight excluding hydrogens is 455 g/mol. The normalized spacial score (nSPS) is 16.6. The van der Waals surface area contributed by atoms with Gasteiger partial charge >= 0.3 is 0 Å². The van der Waals surface area contributed by atoms with Gasteiger partial charge in [0.25, 0.3) is 0 Å². The molecule has 0 saturated heterocycles. The minimum Gasteiger partial charge on any atom is -0.476 e. The minimum atomic E-state index is -0.356. The topological polar surface area (TPSA) is 36.9 Å². The Hall–Kier alpha value is -3.51. The average molecular weight is 489 g/mol. The third-order valence-corrected chi connectivity index (χ3v) is 6.04. The predicted molar refractivity (Wildman–Crippen MR) is 139 cm³/mol. The van der Waals surface area contributed by atoms with E-state index in [0.29, 0.717) is 23.0 Å². The van der Waals surface area contributed by atoms with Crippen LogP contribution in [0.2, 0.25) is 0 Å². The number of ether oxygens (including phenoxy) is 4. The summed E-state index contributed by atoms with van der Waals surface area (Å²) in [6.07, 6.45) is 7.11. The molecule has 0 aromatic heterocycles. The standard InChI is InChI=1S/C31H33FO4/c1-4-33-22-35-20-28-10-7-25(8-11-28)6-9-26-12-15-29(24(3)18-26)16-13-27-14-17-30(31(32)19-27)21-36-23-34-5-2/h4-5,12,14-15,17-19,25,28H,1-2,7-8,10-11,20-23H2,3H3. The Kier molecular flexibility index (Phi) is 11.1. The number of aryl methyl sites for hydroxylation is 1. The molecule has 0 unspecified atom stereocenters. The van der Waals surface area contributed by atoms with Crippen molar-refractivity contribution in [2.75, 3.05) is 20.2 Å². The van der Waals surface area contributed by atoms with Crippen molar-refractivity contribution in [3.8, 4) is 23.7 Å². The van der Waals surface area contributed by atoms with E-state index < -0.39 is 0 Å². The van der Waals surface area contributed by atoms with E-state index in [0.717, 1.165) is 49.0 Å². The molecule has 2 aromatic rings. The summed E-state index contributed by atoms with van der Waals surface area (Å²) in [6.45, 7) is 10.1. The van der Waals surface area contributed by atoms with Crippen LogP contribution < -0.4 is 0 Å². The highest BCUT2D eigenvalue weighted by Crippen LogP contribution is 2.28. The summed E-state index contributed by atoms with van der Waals surface area (Å²) >= 11 is 0. The lowest BCUT2D eigenvalue weighted by molar-refractivity contribution is -0.0312. The maximum Gasteiger partial charge on any atom is 0.188 e. The van der Waals surface area contributed by atoms with Gasteiger partial charge in [0.15, 0.2) is 13.6 Å². The Morgan fingerprint density at radius 3 is 2.28 bits per heavy atom. The van der Waals surface area contributed by atoms with Crippen molar-refractivity contribution in [2.24, 2.45) is 11.8 Å². The van der Waals surface area contributed by atoms with Gasteiger partial charge in [-0.3, -0.25) is 0 Å². The molecule has 2 aromatic carbocycles. The van der Waals surface area contributed by atoms with Gasteiger partial charge in [-0.2, -0.15) is 0 Å². The molecule has 0 spiro atoms. The Morgan fingerprint density at radius 2 is 1.58 bits per heavy atom. The summed E-state index contributed by atoms with van der Waals surface area (Å²) in [5.74, 6) is 13.6. The minimum absolute atomic E-state index is 0.0353. The van der Waals surface area contributed by atoms with Gasteiger partial charge < -0.3 is 18.9 Å². The monoisotopic (exact) mass is 488 g/mol. The first-order valence-corrected chi connectivity index (χ1v) is 12.1. The largest absolute Gasteiger partial charge is 0.476 e. The number of halogens is 1. The third-order valence-electron chi connectivity index (χ3n) is 6.04. The SMILES string of the molecule is C=COCOCc1ccc(C#Cc2ccc(C#CC3CCC(COCOC=C)CC3)cc2C)cc1F. The molecule has 5 heteroatoms. The number of rotatable bonds is 10. The molecule has 0 radical (unpaired) electrons. The molecule has 1 saturated carbocycles. The van der Waals surface area contributed by atoms with Gasteiger partial charge in [0, 0.05) is 28.2 Å². The van der Waals surface area contributed by atoms with E-state index in [2.05, 4.69) is 42.9 Å². The molecule has 1 aliphatic rings. The predicted octanol–water partition coefficient (Wildman–Crippen LogP) is 6.46. The first-order valence-electron chi connectivity index (χ1n) is 12.1. The lowest BCUT2D eigenvalue weighted by atomic mass is 9.82. The summed E-state index contributed by atoms with van der Waals surface area (Å²) in [4.78, 5) is 0. The van der Waals surface area contributed by atoms with E-state index in [4.69, 9.17) is 18.9 Å². The van der Waals surface area contributed by atoms with Crippen LogP contribution in [0.15, 0.2) is 62.1 Å². The van der Waals surface area contributed by atoms with Crippen LogP contribution in [0.4, 0.5) is 4.39 Å². The van der Waals surface area contributed by atoms with Crippen LogP contribution in [0.5, 0.6) is 0 Å². The second-order valence-corrected chi connectivity index (χ2v) is 8.69. The summed E-state index contributed by atoms with van der Waals surface area (Å²) in [5, 5.41) is 0. The molecule has 3 rings (SSSR count). The van der Waals surface area contributed by atoms with Gasteiger partial charge in [0.2, 0.25) is 0 Å². The van der Waals surface area contributed by atoms with Crippen LogP contribution in [0, 0.1) is 48.3 Å². The van der Waals surface area contributed by atoms with Crippen molar-refractivity contribution in [3.05, 3.63) is 95.7 Å². The van der Waals surface area contributed by atoms with Crippen LogP contribution in [-0.2, 0) is 25.6 Å². The zero-order chi connectivity index (χ0) is 25.6. The van der Waals surface area contributed by atoms with E-state index in [-0.39, 0.29) is 26.0 Å². The Labute approximate surface area is 214 Å². The van der Waals surface area contributed by atoms with E-state index in [9.17, 15) is 4.39 Å². The molecule has 188 valence electrons. The van der Waals surface area contributed by atoms with Gasteiger partial charge in [0.05, 0.1) is 25.7 Å². The van der Waals surface area contributed by atoms with Crippen LogP contribution in [0.25, 0.3) is 0 Å². The second-order valence-electron chi connectivity index (χ2n) is 8.69. The van der Waals surface area contributed by atoms with Crippen molar-refractivity contribution in [2.45, 2.75) is 39.2 Å². The van der Waals surface area contributed by atoms with Crippen LogP contribution in [0.1, 0.15) is 53.5 Å². The summed E-state index contributed by atoms with van der Waals surface area (Å²) < 4.78 is 34.9. The van der Waals surface area contributed by atoms with Crippen molar-refractivity contribution < 1.29 is 23.3 Å². The zero-order valence-corrected chi connectivity index (χ0v) is 20.9. The van der Waals surface area contributed by atoms with Gasteiger partial charge in [-0.05, 0) is 74.4 Å². The van der Waals surface area contributed by atoms with Crippen LogP contribution >= 0.6 is 0 Å².